The molecule has 3 nitrogen and oxygen atoms in total. The summed E-state index contributed by atoms with van der Waals surface area (Å²) in [6.45, 7) is 0. The topological polar surface area (TPSA) is 62.8 Å². The highest BCUT2D eigenvalue weighted by molar-refractivity contribution is 7.99. The minimum absolute atomic E-state index is 0.260. The lowest BCUT2D eigenvalue weighted by atomic mass is 10.2. The zero-order chi connectivity index (χ0) is 11.1. The Labute approximate surface area is 98.9 Å². The number of aromatic nitrogens is 1. The van der Waals surface area contributed by atoms with E-state index >= 15 is 0 Å². The third-order valence-corrected chi connectivity index (χ3v) is 3.31. The number of amidine groups is 1. The lowest BCUT2D eigenvalue weighted by Gasteiger charge is -2.02. The number of pyridine rings is 1. The highest BCUT2D eigenvalue weighted by Gasteiger charge is 2.00. The van der Waals surface area contributed by atoms with Crippen molar-refractivity contribution in [3.63, 3.8) is 0 Å². The van der Waals surface area contributed by atoms with Crippen molar-refractivity contribution in [1.82, 2.24) is 4.98 Å². The van der Waals surface area contributed by atoms with E-state index in [4.69, 9.17) is 22.7 Å². The van der Waals surface area contributed by atoms with Gasteiger partial charge in [-0.25, -0.2) is 4.98 Å². The molecular formula is C10H14ClN3S. The van der Waals surface area contributed by atoms with E-state index in [1.165, 1.54) is 0 Å². The van der Waals surface area contributed by atoms with Crippen LogP contribution in [0.5, 0.6) is 0 Å². The van der Waals surface area contributed by atoms with Gasteiger partial charge in [0, 0.05) is 12.6 Å². The third kappa shape index (κ3) is 5.04. The van der Waals surface area contributed by atoms with Gasteiger partial charge in [-0.1, -0.05) is 11.6 Å². The summed E-state index contributed by atoms with van der Waals surface area (Å²) in [4.78, 5) is 4.18. The average Bonchev–Trinajstić information content (AvgIpc) is 2.20. The van der Waals surface area contributed by atoms with E-state index < -0.39 is 0 Å². The van der Waals surface area contributed by atoms with Crippen LogP contribution in [0.25, 0.3) is 0 Å². The van der Waals surface area contributed by atoms with Gasteiger partial charge in [-0.3, -0.25) is 5.41 Å². The zero-order valence-corrected chi connectivity index (χ0v) is 9.94. The largest absolute Gasteiger partial charge is 0.388 e. The molecule has 1 rings (SSSR count). The zero-order valence-electron chi connectivity index (χ0n) is 8.37. The van der Waals surface area contributed by atoms with E-state index in [1.54, 1.807) is 18.0 Å². The van der Waals surface area contributed by atoms with Crippen LogP contribution in [0.4, 0.5) is 0 Å². The first-order valence-corrected chi connectivity index (χ1v) is 6.12. The van der Waals surface area contributed by atoms with E-state index in [-0.39, 0.29) is 5.84 Å². The van der Waals surface area contributed by atoms with E-state index in [0.29, 0.717) is 11.4 Å². The monoisotopic (exact) mass is 243 g/mol. The summed E-state index contributed by atoms with van der Waals surface area (Å²) in [5, 5.41) is 8.65. The fourth-order valence-electron chi connectivity index (χ4n) is 1.06. The Bertz CT molecular complexity index is 330. The lowest BCUT2D eigenvalue weighted by molar-refractivity contribution is 0.836. The molecule has 1 heterocycles. The second kappa shape index (κ2) is 6.69. The predicted molar refractivity (Wildman–Crippen MR) is 65.7 cm³/mol. The molecule has 0 aliphatic heterocycles. The Hall–Kier alpha value is -0.740. The molecule has 0 saturated carbocycles. The number of nitrogens with two attached hydrogens (primary N) is 1. The van der Waals surface area contributed by atoms with Crippen LogP contribution >= 0.6 is 23.4 Å². The summed E-state index contributed by atoms with van der Waals surface area (Å²) >= 11 is 7.59. The molecule has 0 unspecified atom stereocenters. The van der Waals surface area contributed by atoms with Gasteiger partial charge in [0.15, 0.2) is 0 Å². The van der Waals surface area contributed by atoms with Gasteiger partial charge < -0.3 is 5.73 Å². The smallest absolute Gasteiger partial charge is 0.115 e. The number of nitrogens with one attached hydrogen (secondary N) is 1. The van der Waals surface area contributed by atoms with E-state index in [9.17, 15) is 0 Å². The molecule has 3 N–H and O–H groups in total. The summed E-state index contributed by atoms with van der Waals surface area (Å²) in [5.41, 5.74) is 5.25. The summed E-state index contributed by atoms with van der Waals surface area (Å²) < 4.78 is 0. The Kier molecular flexibility index (Phi) is 5.50. The molecule has 5 heteroatoms. The van der Waals surface area contributed by atoms with Gasteiger partial charge in [-0.15, -0.1) is 11.8 Å². The van der Waals surface area contributed by atoms with Crippen molar-refractivity contribution < 1.29 is 0 Å². The highest BCUT2D eigenvalue weighted by atomic mass is 35.5. The van der Waals surface area contributed by atoms with Gasteiger partial charge >= 0.3 is 0 Å². The summed E-state index contributed by atoms with van der Waals surface area (Å²) in [5.74, 6) is 1.22. The first-order valence-electron chi connectivity index (χ1n) is 4.76. The number of hydrogen-bond donors (Lipinski definition) is 2. The maximum absolute atomic E-state index is 7.07. The quantitative estimate of drug-likeness (QED) is 0.350. The number of rotatable bonds is 6. The van der Waals surface area contributed by atoms with Crippen molar-refractivity contribution in [2.75, 3.05) is 5.75 Å². The second-order valence-electron chi connectivity index (χ2n) is 3.12. The molecule has 0 aliphatic rings. The van der Waals surface area contributed by atoms with E-state index in [0.717, 1.165) is 23.6 Å². The number of nitrogens with zero attached hydrogens (tertiary/aromatic N) is 1. The Morgan fingerprint density at radius 1 is 1.53 bits per heavy atom. The van der Waals surface area contributed by atoms with Crippen LogP contribution < -0.4 is 5.73 Å². The highest BCUT2D eigenvalue weighted by Crippen LogP contribution is 2.24. The number of unbranched alkanes of at least 4 members (excludes halogenated alkanes) is 1. The summed E-state index contributed by atoms with van der Waals surface area (Å²) in [7, 11) is 0. The van der Waals surface area contributed by atoms with Crippen molar-refractivity contribution in [3.05, 3.63) is 23.4 Å². The lowest BCUT2D eigenvalue weighted by Crippen LogP contribution is -2.08. The van der Waals surface area contributed by atoms with Gasteiger partial charge in [0.1, 0.15) is 5.03 Å². The molecule has 82 valence electrons. The molecular weight excluding hydrogens is 230 g/mol. The van der Waals surface area contributed by atoms with Crippen molar-refractivity contribution in [2.45, 2.75) is 24.3 Å². The van der Waals surface area contributed by atoms with Gasteiger partial charge in [0.2, 0.25) is 0 Å². The maximum atomic E-state index is 7.07. The van der Waals surface area contributed by atoms with Crippen molar-refractivity contribution in [3.8, 4) is 0 Å². The Morgan fingerprint density at radius 3 is 3.00 bits per heavy atom. The number of halogens is 1. The molecule has 1 aromatic heterocycles. The molecule has 0 amide bonds. The van der Waals surface area contributed by atoms with Crippen LogP contribution in [0.2, 0.25) is 5.02 Å². The van der Waals surface area contributed by atoms with E-state index in [1.807, 2.05) is 12.1 Å². The standard InChI is InChI=1S/C10H14ClN3S/c11-8-4-3-6-14-10(8)15-7-2-1-5-9(12)13/h3-4,6H,1-2,5,7H2,(H3,12,13). The second-order valence-corrected chi connectivity index (χ2v) is 4.61. The summed E-state index contributed by atoms with van der Waals surface area (Å²) in [6, 6.07) is 3.66. The van der Waals surface area contributed by atoms with Crippen LogP contribution in [-0.4, -0.2) is 16.6 Å². The maximum Gasteiger partial charge on any atom is 0.115 e. The summed E-state index contributed by atoms with van der Waals surface area (Å²) in [6.07, 6.45) is 4.39. The fourth-order valence-corrected chi connectivity index (χ4v) is 2.23. The average molecular weight is 244 g/mol. The molecule has 0 fully saturated rings. The first kappa shape index (κ1) is 12.3. The molecule has 0 saturated heterocycles. The van der Waals surface area contributed by atoms with Crippen LogP contribution in [0.15, 0.2) is 23.4 Å². The van der Waals surface area contributed by atoms with Gasteiger partial charge in [0.25, 0.3) is 0 Å². The predicted octanol–water partition coefficient (Wildman–Crippen LogP) is 2.93. The molecule has 0 atom stereocenters. The van der Waals surface area contributed by atoms with Crippen molar-refractivity contribution >= 4 is 29.2 Å². The molecule has 0 aromatic carbocycles. The molecule has 1 aromatic rings. The Balaban J connectivity index is 2.21. The van der Waals surface area contributed by atoms with Crippen LogP contribution in [0.1, 0.15) is 19.3 Å². The minimum Gasteiger partial charge on any atom is -0.388 e. The third-order valence-electron chi connectivity index (χ3n) is 1.80. The van der Waals surface area contributed by atoms with Crippen LogP contribution in [0, 0.1) is 5.41 Å². The normalized spacial score (nSPS) is 10.2. The van der Waals surface area contributed by atoms with Crippen LogP contribution in [0.3, 0.4) is 0 Å². The molecule has 0 aliphatic carbocycles. The molecule has 0 radical (unpaired) electrons. The SMILES string of the molecule is N=C(N)CCCCSc1ncccc1Cl. The van der Waals surface area contributed by atoms with Crippen molar-refractivity contribution in [2.24, 2.45) is 5.73 Å². The Morgan fingerprint density at radius 2 is 2.33 bits per heavy atom. The fraction of sp³-hybridized carbons (Fsp3) is 0.400. The van der Waals surface area contributed by atoms with Crippen molar-refractivity contribution in [1.29, 1.82) is 5.41 Å². The first-order chi connectivity index (χ1) is 7.20. The molecule has 15 heavy (non-hydrogen) atoms. The number of hydrogen-bond acceptors (Lipinski definition) is 3. The van der Waals surface area contributed by atoms with Gasteiger partial charge in [-0.05, 0) is 30.7 Å². The van der Waals surface area contributed by atoms with Gasteiger partial charge in [0.05, 0.1) is 10.9 Å². The minimum atomic E-state index is 0.260. The van der Waals surface area contributed by atoms with Crippen LogP contribution in [-0.2, 0) is 0 Å². The molecule has 0 bridgehead atoms. The molecule has 0 spiro atoms. The van der Waals surface area contributed by atoms with Gasteiger partial charge in [-0.2, -0.15) is 0 Å². The number of thioether (sulfide) groups is 1. The van der Waals surface area contributed by atoms with E-state index in [2.05, 4.69) is 4.98 Å².